The number of fused-ring (bicyclic) bond motifs is 1. The molecule has 154 valence electrons. The minimum Gasteiger partial charge on any atom is -0.326 e. The van der Waals surface area contributed by atoms with Gasteiger partial charge in [-0.25, -0.2) is 4.79 Å². The first-order valence-corrected chi connectivity index (χ1v) is 9.95. The van der Waals surface area contributed by atoms with Gasteiger partial charge < -0.3 is 9.88 Å². The molecule has 4 rings (SSSR count). The van der Waals surface area contributed by atoms with E-state index in [-0.39, 0.29) is 6.54 Å². The van der Waals surface area contributed by atoms with Crippen LogP contribution in [0, 0.1) is 6.92 Å². The minimum atomic E-state index is -0.460. The summed E-state index contributed by atoms with van der Waals surface area (Å²) in [6.07, 6.45) is 0. The van der Waals surface area contributed by atoms with Crippen LogP contribution in [0.25, 0.3) is 11.2 Å². The predicted molar refractivity (Wildman–Crippen MR) is 120 cm³/mol. The molecule has 0 aliphatic heterocycles. The molecule has 0 amide bonds. The largest absolute Gasteiger partial charge is 0.332 e. The molecule has 0 unspecified atom stereocenters. The lowest BCUT2D eigenvalue weighted by Crippen LogP contribution is -2.39. The zero-order chi connectivity index (χ0) is 21.6. The van der Waals surface area contributed by atoms with E-state index in [1.807, 2.05) is 31.2 Å². The molecule has 7 nitrogen and oxygen atoms in total. The third-order valence-corrected chi connectivity index (χ3v) is 5.73. The maximum Gasteiger partial charge on any atom is 0.332 e. The standard InChI is InChI=1S/C21H19Cl2N5O2/c1-12-4-7-14(8-5-12)24-20-25-18-17(26(20)2)19(29)28(21(30)27(18)3)11-13-6-9-15(22)16(23)10-13/h4-10H,11H2,1-3H3,(H,24,25). The van der Waals surface area contributed by atoms with Crippen molar-refractivity contribution in [3.63, 3.8) is 0 Å². The van der Waals surface area contributed by atoms with Gasteiger partial charge in [-0.05, 0) is 36.8 Å². The minimum absolute atomic E-state index is 0.0737. The lowest BCUT2D eigenvalue weighted by Gasteiger charge is -2.09. The molecule has 0 saturated carbocycles. The fourth-order valence-corrected chi connectivity index (χ4v) is 3.60. The smallest absolute Gasteiger partial charge is 0.326 e. The van der Waals surface area contributed by atoms with Gasteiger partial charge in [-0.1, -0.05) is 47.0 Å². The molecule has 2 heterocycles. The Hall–Kier alpha value is -3.03. The summed E-state index contributed by atoms with van der Waals surface area (Å²) in [7, 11) is 3.33. The number of rotatable bonds is 4. The predicted octanol–water partition coefficient (Wildman–Crippen LogP) is 3.84. The summed E-state index contributed by atoms with van der Waals surface area (Å²) in [4.78, 5) is 30.6. The van der Waals surface area contributed by atoms with Crippen LogP contribution in [-0.4, -0.2) is 18.7 Å². The Labute approximate surface area is 182 Å². The van der Waals surface area contributed by atoms with Gasteiger partial charge in [0.1, 0.15) is 0 Å². The molecule has 4 aromatic rings. The highest BCUT2D eigenvalue weighted by atomic mass is 35.5. The Morgan fingerprint density at radius 3 is 2.33 bits per heavy atom. The number of aromatic nitrogens is 4. The van der Waals surface area contributed by atoms with Crippen LogP contribution in [0.1, 0.15) is 11.1 Å². The van der Waals surface area contributed by atoms with Crippen LogP contribution in [0.3, 0.4) is 0 Å². The molecule has 0 bridgehead atoms. The highest BCUT2D eigenvalue weighted by Gasteiger charge is 2.19. The fourth-order valence-electron chi connectivity index (χ4n) is 3.28. The first kappa shape index (κ1) is 20.3. The second kappa shape index (κ2) is 7.66. The summed E-state index contributed by atoms with van der Waals surface area (Å²) in [5.74, 6) is 0.466. The van der Waals surface area contributed by atoms with Gasteiger partial charge in [-0.2, -0.15) is 4.98 Å². The van der Waals surface area contributed by atoms with Gasteiger partial charge in [0, 0.05) is 19.8 Å². The maximum atomic E-state index is 13.2. The third kappa shape index (κ3) is 3.51. The summed E-state index contributed by atoms with van der Waals surface area (Å²) in [6, 6.07) is 12.8. The number of halogens is 2. The Kier molecular flexibility index (Phi) is 5.17. The first-order valence-electron chi connectivity index (χ1n) is 9.20. The SMILES string of the molecule is Cc1ccc(Nc2nc3c(c(=O)n(Cc4ccc(Cl)c(Cl)c4)c(=O)n3C)n2C)cc1. The second-order valence-corrected chi connectivity index (χ2v) is 7.95. The normalized spacial score (nSPS) is 11.2. The molecule has 9 heteroatoms. The average molecular weight is 444 g/mol. The van der Waals surface area contributed by atoms with Crippen molar-refractivity contribution in [2.24, 2.45) is 14.1 Å². The molecule has 2 aromatic heterocycles. The van der Waals surface area contributed by atoms with E-state index in [1.54, 1.807) is 36.9 Å². The Balaban J connectivity index is 1.82. The molecule has 2 aromatic carbocycles. The van der Waals surface area contributed by atoms with E-state index in [4.69, 9.17) is 23.2 Å². The molecular formula is C21H19Cl2N5O2. The zero-order valence-corrected chi connectivity index (χ0v) is 18.1. The van der Waals surface area contributed by atoms with Crippen molar-refractivity contribution in [1.29, 1.82) is 0 Å². The van der Waals surface area contributed by atoms with Gasteiger partial charge in [0.05, 0.1) is 16.6 Å². The molecule has 0 spiro atoms. The maximum absolute atomic E-state index is 13.2. The summed E-state index contributed by atoms with van der Waals surface area (Å²) < 4.78 is 4.19. The number of nitrogens with zero attached hydrogens (tertiary/aromatic N) is 4. The molecule has 0 atom stereocenters. The lowest BCUT2D eigenvalue weighted by atomic mass is 10.2. The number of anilines is 2. The second-order valence-electron chi connectivity index (χ2n) is 7.14. The lowest BCUT2D eigenvalue weighted by molar-refractivity contribution is 0.655. The molecule has 0 fully saturated rings. The Morgan fingerprint density at radius 2 is 1.67 bits per heavy atom. The molecule has 0 aliphatic carbocycles. The van der Waals surface area contributed by atoms with Crippen LogP contribution in [0.4, 0.5) is 11.6 Å². The van der Waals surface area contributed by atoms with Gasteiger partial charge in [-0.15, -0.1) is 0 Å². The summed E-state index contributed by atoms with van der Waals surface area (Å²) in [5, 5.41) is 3.98. The van der Waals surface area contributed by atoms with Crippen molar-refractivity contribution < 1.29 is 0 Å². The first-order chi connectivity index (χ1) is 14.3. The quantitative estimate of drug-likeness (QED) is 0.519. The van der Waals surface area contributed by atoms with Crippen molar-refractivity contribution in [3.8, 4) is 0 Å². The highest BCUT2D eigenvalue weighted by Crippen LogP contribution is 2.23. The zero-order valence-electron chi connectivity index (χ0n) is 16.6. The van der Waals surface area contributed by atoms with E-state index in [2.05, 4.69) is 10.3 Å². The average Bonchev–Trinajstić information content (AvgIpc) is 3.04. The number of hydrogen-bond acceptors (Lipinski definition) is 4. The number of benzene rings is 2. The molecule has 1 N–H and O–H groups in total. The van der Waals surface area contributed by atoms with Crippen molar-refractivity contribution in [1.82, 2.24) is 18.7 Å². The van der Waals surface area contributed by atoms with E-state index < -0.39 is 11.2 Å². The van der Waals surface area contributed by atoms with Crippen molar-refractivity contribution in [3.05, 3.63) is 84.5 Å². The van der Waals surface area contributed by atoms with Gasteiger partial charge in [0.2, 0.25) is 5.95 Å². The van der Waals surface area contributed by atoms with Crippen LogP contribution in [0.15, 0.2) is 52.1 Å². The van der Waals surface area contributed by atoms with E-state index in [9.17, 15) is 9.59 Å². The van der Waals surface area contributed by atoms with Crippen LogP contribution in [0.5, 0.6) is 0 Å². The summed E-state index contributed by atoms with van der Waals surface area (Å²) >= 11 is 12.0. The molecule has 0 aliphatic rings. The highest BCUT2D eigenvalue weighted by molar-refractivity contribution is 6.42. The topological polar surface area (TPSA) is 73.8 Å². The van der Waals surface area contributed by atoms with Crippen LogP contribution >= 0.6 is 23.2 Å². The van der Waals surface area contributed by atoms with Crippen molar-refractivity contribution in [2.75, 3.05) is 5.32 Å². The van der Waals surface area contributed by atoms with E-state index in [0.29, 0.717) is 32.7 Å². The van der Waals surface area contributed by atoms with Gasteiger partial charge >= 0.3 is 5.69 Å². The summed E-state index contributed by atoms with van der Waals surface area (Å²) in [5.41, 5.74) is 2.42. The molecule has 0 radical (unpaired) electrons. The Morgan fingerprint density at radius 1 is 0.967 bits per heavy atom. The van der Waals surface area contributed by atoms with Gasteiger partial charge in [0.25, 0.3) is 5.56 Å². The Bertz CT molecular complexity index is 1380. The molecular weight excluding hydrogens is 425 g/mol. The van der Waals surface area contributed by atoms with Gasteiger partial charge in [-0.3, -0.25) is 13.9 Å². The third-order valence-electron chi connectivity index (χ3n) is 4.99. The van der Waals surface area contributed by atoms with Crippen LogP contribution in [-0.2, 0) is 20.6 Å². The number of hydrogen-bond donors (Lipinski definition) is 1. The van der Waals surface area contributed by atoms with Crippen LogP contribution < -0.4 is 16.6 Å². The van der Waals surface area contributed by atoms with Gasteiger partial charge in [0.15, 0.2) is 11.2 Å². The fraction of sp³-hybridized carbons (Fsp3) is 0.190. The number of nitrogens with one attached hydrogen (secondary N) is 1. The van der Waals surface area contributed by atoms with Crippen molar-refractivity contribution >= 4 is 46.0 Å². The summed E-state index contributed by atoms with van der Waals surface area (Å²) in [6.45, 7) is 2.08. The number of imidazole rings is 1. The van der Waals surface area contributed by atoms with E-state index in [1.165, 1.54) is 9.13 Å². The van der Waals surface area contributed by atoms with Crippen molar-refractivity contribution in [2.45, 2.75) is 13.5 Å². The number of aryl methyl sites for hydroxylation is 3. The monoisotopic (exact) mass is 443 g/mol. The van der Waals surface area contributed by atoms with E-state index in [0.717, 1.165) is 11.3 Å². The van der Waals surface area contributed by atoms with E-state index >= 15 is 0 Å². The van der Waals surface area contributed by atoms with Crippen LogP contribution in [0.2, 0.25) is 10.0 Å². The molecule has 30 heavy (non-hydrogen) atoms. The molecule has 0 saturated heterocycles.